The lowest BCUT2D eigenvalue weighted by Crippen LogP contribution is -2.37. The first-order valence-electron chi connectivity index (χ1n) is 5.78. The molecule has 7 heteroatoms. The molecule has 1 aliphatic carbocycles. The molecular formula is C12H11FN4O2. The molecule has 0 spiro atoms. The van der Waals surface area contributed by atoms with Crippen LogP contribution in [0.15, 0.2) is 33.7 Å². The molecule has 2 atom stereocenters. The van der Waals surface area contributed by atoms with E-state index in [1.807, 2.05) is 6.07 Å². The average molecular weight is 262 g/mol. The van der Waals surface area contributed by atoms with Gasteiger partial charge in [0.05, 0.1) is 5.92 Å². The van der Waals surface area contributed by atoms with Crippen LogP contribution in [-0.2, 0) is 4.79 Å². The van der Waals surface area contributed by atoms with Gasteiger partial charge in [0.1, 0.15) is 11.7 Å². The molecule has 1 heterocycles. The predicted octanol–water partition coefficient (Wildman–Crippen LogP) is 1.25. The van der Waals surface area contributed by atoms with Crippen molar-refractivity contribution in [1.29, 1.82) is 0 Å². The third kappa shape index (κ3) is 2.40. The molecule has 0 aliphatic heterocycles. The molecule has 1 saturated carbocycles. The number of guanidine groups is 1. The highest BCUT2D eigenvalue weighted by atomic mass is 19.1. The molecule has 1 fully saturated rings. The number of amides is 1. The topological polar surface area (TPSA) is 93.5 Å². The summed E-state index contributed by atoms with van der Waals surface area (Å²) in [6.07, 6.45) is -0.834. The number of rotatable bonds is 2. The van der Waals surface area contributed by atoms with Crippen molar-refractivity contribution >= 4 is 29.0 Å². The van der Waals surface area contributed by atoms with Gasteiger partial charge in [-0.05, 0) is 18.6 Å². The van der Waals surface area contributed by atoms with Crippen molar-refractivity contribution in [2.75, 3.05) is 0 Å². The first-order valence-corrected chi connectivity index (χ1v) is 5.78. The van der Waals surface area contributed by atoms with Crippen molar-refractivity contribution < 1.29 is 13.6 Å². The molecule has 6 nitrogen and oxygen atoms in total. The molecule has 3 N–H and O–H groups in total. The van der Waals surface area contributed by atoms with Gasteiger partial charge in [0.2, 0.25) is 11.9 Å². The minimum Gasteiger partial charge on any atom is -0.422 e. The van der Waals surface area contributed by atoms with E-state index < -0.39 is 18.0 Å². The molecule has 0 radical (unpaired) electrons. The van der Waals surface area contributed by atoms with Gasteiger partial charge in [0.25, 0.3) is 0 Å². The fourth-order valence-electron chi connectivity index (χ4n) is 1.69. The second-order valence-corrected chi connectivity index (χ2v) is 4.31. The molecule has 98 valence electrons. The number of alkyl halides is 1. The van der Waals surface area contributed by atoms with E-state index >= 15 is 0 Å². The molecule has 0 bridgehead atoms. The van der Waals surface area contributed by atoms with E-state index in [2.05, 4.69) is 15.3 Å². The van der Waals surface area contributed by atoms with Gasteiger partial charge in [0, 0.05) is 0 Å². The predicted molar refractivity (Wildman–Crippen MR) is 66.4 cm³/mol. The SMILES string of the molecule is NC(=Nc1nc2ccccc2o1)NC(=O)[C@H]1C[C@@H]1F. The van der Waals surface area contributed by atoms with E-state index in [0.717, 1.165) is 0 Å². The fraction of sp³-hybridized carbons (Fsp3) is 0.250. The van der Waals surface area contributed by atoms with Gasteiger partial charge < -0.3 is 10.2 Å². The van der Waals surface area contributed by atoms with Crippen molar-refractivity contribution in [3.05, 3.63) is 24.3 Å². The molecule has 1 aromatic heterocycles. The summed E-state index contributed by atoms with van der Waals surface area (Å²) in [5.74, 6) is -1.24. The van der Waals surface area contributed by atoms with Gasteiger partial charge in [-0.25, -0.2) is 4.39 Å². The Morgan fingerprint density at radius 3 is 2.95 bits per heavy atom. The first kappa shape index (κ1) is 11.6. The van der Waals surface area contributed by atoms with Gasteiger partial charge in [-0.15, -0.1) is 0 Å². The Kier molecular flexibility index (Phi) is 2.66. The number of nitrogens with one attached hydrogen (secondary N) is 1. The van der Waals surface area contributed by atoms with E-state index in [1.165, 1.54) is 0 Å². The van der Waals surface area contributed by atoms with Crippen LogP contribution >= 0.6 is 0 Å². The summed E-state index contributed by atoms with van der Waals surface area (Å²) in [5.41, 5.74) is 6.76. The Morgan fingerprint density at radius 2 is 2.26 bits per heavy atom. The van der Waals surface area contributed by atoms with Crippen LogP contribution in [0.2, 0.25) is 0 Å². The lowest BCUT2D eigenvalue weighted by atomic mass is 10.3. The number of fused-ring (bicyclic) bond motifs is 1. The zero-order valence-corrected chi connectivity index (χ0v) is 9.84. The normalized spacial score (nSPS) is 22.5. The maximum atomic E-state index is 12.7. The zero-order valence-electron chi connectivity index (χ0n) is 9.84. The highest BCUT2D eigenvalue weighted by molar-refractivity contribution is 5.99. The van der Waals surface area contributed by atoms with Gasteiger partial charge >= 0.3 is 6.01 Å². The number of hydrogen-bond acceptors (Lipinski definition) is 4. The second kappa shape index (κ2) is 4.34. The third-order valence-corrected chi connectivity index (χ3v) is 2.80. The van der Waals surface area contributed by atoms with Crippen LogP contribution in [0.1, 0.15) is 6.42 Å². The minimum absolute atomic E-state index is 0.0478. The van der Waals surface area contributed by atoms with Crippen molar-refractivity contribution in [2.24, 2.45) is 16.6 Å². The van der Waals surface area contributed by atoms with Crippen LogP contribution in [0.5, 0.6) is 0 Å². The number of oxazole rings is 1. The second-order valence-electron chi connectivity index (χ2n) is 4.31. The highest BCUT2D eigenvalue weighted by Crippen LogP contribution is 2.33. The Bertz CT molecular complexity index is 634. The smallest absolute Gasteiger partial charge is 0.325 e. The maximum absolute atomic E-state index is 12.7. The molecule has 1 aliphatic rings. The number of nitrogens with zero attached hydrogens (tertiary/aromatic N) is 2. The summed E-state index contributed by atoms with van der Waals surface area (Å²) >= 11 is 0. The summed E-state index contributed by atoms with van der Waals surface area (Å²) in [6.45, 7) is 0. The largest absolute Gasteiger partial charge is 0.422 e. The van der Waals surface area contributed by atoms with Crippen LogP contribution in [0.25, 0.3) is 11.1 Å². The zero-order chi connectivity index (χ0) is 13.4. The van der Waals surface area contributed by atoms with Crippen molar-refractivity contribution in [3.63, 3.8) is 0 Å². The number of para-hydroxylation sites is 2. The molecule has 3 rings (SSSR count). The average Bonchev–Trinajstić information content (AvgIpc) is 2.96. The van der Waals surface area contributed by atoms with Crippen LogP contribution in [0.4, 0.5) is 10.4 Å². The van der Waals surface area contributed by atoms with Crippen LogP contribution in [0, 0.1) is 5.92 Å². The number of nitrogens with two attached hydrogens (primary N) is 1. The van der Waals surface area contributed by atoms with E-state index in [-0.39, 0.29) is 18.4 Å². The van der Waals surface area contributed by atoms with Crippen molar-refractivity contribution in [1.82, 2.24) is 10.3 Å². The molecule has 1 aromatic carbocycles. The number of aliphatic imine (C=N–C) groups is 1. The summed E-state index contributed by atoms with van der Waals surface area (Å²) < 4.78 is 18.0. The molecule has 2 aromatic rings. The van der Waals surface area contributed by atoms with E-state index in [1.54, 1.807) is 18.2 Å². The van der Waals surface area contributed by atoms with Crippen LogP contribution in [-0.4, -0.2) is 23.0 Å². The minimum atomic E-state index is -1.07. The van der Waals surface area contributed by atoms with Crippen LogP contribution in [0.3, 0.4) is 0 Å². The van der Waals surface area contributed by atoms with Gasteiger partial charge in [-0.2, -0.15) is 9.98 Å². The Balaban J connectivity index is 1.74. The number of carbonyl (C=O) groups excluding carboxylic acids is 1. The highest BCUT2D eigenvalue weighted by Gasteiger charge is 2.43. The number of halogens is 1. The molecule has 0 saturated heterocycles. The summed E-state index contributed by atoms with van der Waals surface area (Å²) in [4.78, 5) is 19.3. The summed E-state index contributed by atoms with van der Waals surface area (Å²) in [6, 6.07) is 7.18. The number of benzene rings is 1. The first-order chi connectivity index (χ1) is 9.13. The van der Waals surface area contributed by atoms with Gasteiger partial charge in [0.15, 0.2) is 5.58 Å². The molecule has 1 amide bonds. The number of aromatic nitrogens is 1. The number of carbonyl (C=O) groups is 1. The quantitative estimate of drug-likeness (QED) is 0.629. The Morgan fingerprint density at radius 1 is 1.53 bits per heavy atom. The number of hydrogen-bond donors (Lipinski definition) is 2. The van der Waals surface area contributed by atoms with E-state index in [0.29, 0.717) is 11.1 Å². The van der Waals surface area contributed by atoms with E-state index in [9.17, 15) is 9.18 Å². The summed E-state index contributed by atoms with van der Waals surface area (Å²) in [7, 11) is 0. The Labute approximate surface area is 107 Å². The molecule has 0 unspecified atom stereocenters. The lowest BCUT2D eigenvalue weighted by Gasteiger charge is -2.00. The van der Waals surface area contributed by atoms with Crippen LogP contribution < -0.4 is 11.1 Å². The third-order valence-electron chi connectivity index (χ3n) is 2.80. The Hall–Kier alpha value is -2.44. The van der Waals surface area contributed by atoms with E-state index in [4.69, 9.17) is 10.2 Å². The summed E-state index contributed by atoms with van der Waals surface area (Å²) in [5, 5.41) is 2.31. The molecular weight excluding hydrogens is 251 g/mol. The van der Waals surface area contributed by atoms with Crippen molar-refractivity contribution in [2.45, 2.75) is 12.6 Å². The van der Waals surface area contributed by atoms with Gasteiger partial charge in [-0.3, -0.25) is 10.1 Å². The monoisotopic (exact) mass is 262 g/mol. The van der Waals surface area contributed by atoms with Crippen molar-refractivity contribution in [3.8, 4) is 0 Å². The lowest BCUT2D eigenvalue weighted by molar-refractivity contribution is -0.121. The fourth-order valence-corrected chi connectivity index (χ4v) is 1.69. The van der Waals surface area contributed by atoms with Gasteiger partial charge in [-0.1, -0.05) is 12.1 Å². The molecule has 19 heavy (non-hydrogen) atoms. The maximum Gasteiger partial charge on any atom is 0.325 e. The standard InChI is InChI=1S/C12H11FN4O2/c13-7-5-6(7)10(18)16-11(14)17-12-15-8-3-1-2-4-9(8)19-12/h1-4,6-7H,5H2,(H3,14,15,16,17,18)/t6-,7-/m0/s1.